The van der Waals surface area contributed by atoms with E-state index >= 15 is 4.39 Å². The smallest absolute Gasteiger partial charge is 0.341 e. The summed E-state index contributed by atoms with van der Waals surface area (Å²) in [5.74, 6) is -2.75. The Bertz CT molecular complexity index is 1640. The third kappa shape index (κ3) is 5.63. The number of aromatic carboxylic acids is 1. The van der Waals surface area contributed by atoms with Crippen LogP contribution in [0, 0.1) is 11.6 Å². The third-order valence-corrected chi connectivity index (χ3v) is 6.95. The Labute approximate surface area is 228 Å². The highest BCUT2D eigenvalue weighted by Crippen LogP contribution is 2.30. The zero-order valence-electron chi connectivity index (χ0n) is 21.6. The van der Waals surface area contributed by atoms with Gasteiger partial charge in [0, 0.05) is 44.0 Å². The number of benzene rings is 3. The minimum atomic E-state index is -1.48. The van der Waals surface area contributed by atoms with Crippen LogP contribution in [0.3, 0.4) is 0 Å². The summed E-state index contributed by atoms with van der Waals surface area (Å²) in [5.41, 5.74) is 1.10. The van der Waals surface area contributed by atoms with Crippen LogP contribution in [-0.4, -0.2) is 59.2 Å². The van der Waals surface area contributed by atoms with Gasteiger partial charge in [-0.1, -0.05) is 36.4 Å². The van der Waals surface area contributed by atoms with Crippen LogP contribution in [0.5, 0.6) is 0 Å². The number of rotatable bonds is 9. The lowest BCUT2D eigenvalue weighted by Gasteiger charge is -2.21. The van der Waals surface area contributed by atoms with Crippen LogP contribution >= 0.6 is 0 Å². The van der Waals surface area contributed by atoms with Crippen molar-refractivity contribution in [2.24, 2.45) is 4.99 Å². The molecule has 1 aliphatic rings. The van der Waals surface area contributed by atoms with Crippen molar-refractivity contribution in [3.05, 3.63) is 105 Å². The number of pyridine rings is 1. The number of fused-ring (bicyclic) bond motifs is 1. The molecule has 8 nitrogen and oxygen atoms in total. The van der Waals surface area contributed by atoms with E-state index in [1.54, 1.807) is 12.3 Å². The number of hydrogen-bond acceptors (Lipinski definition) is 6. The van der Waals surface area contributed by atoms with E-state index in [0.29, 0.717) is 32.6 Å². The van der Waals surface area contributed by atoms with Gasteiger partial charge in [0.25, 0.3) is 0 Å². The molecule has 3 aromatic carbocycles. The molecule has 3 N–H and O–H groups in total. The molecule has 206 valence electrons. The van der Waals surface area contributed by atoms with Gasteiger partial charge in [-0.2, -0.15) is 0 Å². The van der Waals surface area contributed by atoms with Crippen LogP contribution in [0.1, 0.15) is 27.9 Å². The summed E-state index contributed by atoms with van der Waals surface area (Å²) in [7, 11) is 0. The molecule has 2 heterocycles. The zero-order chi connectivity index (χ0) is 28.2. The van der Waals surface area contributed by atoms with E-state index < -0.39 is 28.6 Å². The minimum absolute atomic E-state index is 0.0478. The second-order valence-electron chi connectivity index (χ2n) is 9.63. The van der Waals surface area contributed by atoms with Gasteiger partial charge < -0.3 is 25.0 Å². The van der Waals surface area contributed by atoms with Crippen LogP contribution in [0.2, 0.25) is 0 Å². The number of aliphatic hydroxyl groups excluding tert-OH is 1. The van der Waals surface area contributed by atoms with E-state index in [1.807, 2.05) is 29.2 Å². The molecule has 1 fully saturated rings. The Hall–Kier alpha value is -4.41. The summed E-state index contributed by atoms with van der Waals surface area (Å²) in [5, 5.41) is 21.4. The van der Waals surface area contributed by atoms with E-state index in [1.165, 1.54) is 28.8 Å². The lowest BCUT2D eigenvalue weighted by molar-refractivity contribution is 0.0695. The molecular weight excluding hydrogens is 518 g/mol. The molecular formula is C30H28F2N4O4. The van der Waals surface area contributed by atoms with Gasteiger partial charge in [0.05, 0.1) is 29.5 Å². The fourth-order valence-electron chi connectivity index (χ4n) is 4.88. The molecule has 0 spiro atoms. The van der Waals surface area contributed by atoms with Crippen LogP contribution < -0.4 is 15.6 Å². The number of anilines is 1. The largest absolute Gasteiger partial charge is 0.477 e. The van der Waals surface area contributed by atoms with Crippen LogP contribution in [0.25, 0.3) is 16.6 Å². The second-order valence-corrected chi connectivity index (χ2v) is 9.63. The van der Waals surface area contributed by atoms with Gasteiger partial charge in [-0.3, -0.25) is 9.79 Å². The van der Waals surface area contributed by atoms with E-state index in [0.717, 1.165) is 23.4 Å². The summed E-state index contributed by atoms with van der Waals surface area (Å²) in [6.07, 6.45) is 3.56. The zero-order valence-corrected chi connectivity index (χ0v) is 21.6. The highest BCUT2D eigenvalue weighted by Gasteiger charge is 2.26. The lowest BCUT2D eigenvalue weighted by atomic mass is 10.1. The quantitative estimate of drug-likeness (QED) is 0.218. The fourth-order valence-corrected chi connectivity index (χ4v) is 4.88. The van der Waals surface area contributed by atoms with Crippen molar-refractivity contribution in [1.82, 2.24) is 9.88 Å². The molecule has 0 saturated carbocycles. The van der Waals surface area contributed by atoms with Crippen molar-refractivity contribution in [3.8, 4) is 5.69 Å². The van der Waals surface area contributed by atoms with E-state index in [4.69, 9.17) is 5.11 Å². The Kier molecular flexibility index (Phi) is 7.99. The van der Waals surface area contributed by atoms with Crippen molar-refractivity contribution >= 4 is 28.8 Å². The Morgan fingerprint density at radius 2 is 1.85 bits per heavy atom. The topological polar surface area (TPSA) is 107 Å². The first-order chi connectivity index (χ1) is 19.4. The number of aromatic nitrogens is 1. The van der Waals surface area contributed by atoms with Crippen molar-refractivity contribution in [2.75, 3.05) is 31.1 Å². The molecule has 0 amide bonds. The molecule has 0 radical (unpaired) electrons. The fraction of sp³-hybridized carbons (Fsp3) is 0.233. The second kappa shape index (κ2) is 11.8. The number of para-hydroxylation sites is 1. The molecule has 1 aliphatic heterocycles. The first-order valence-corrected chi connectivity index (χ1v) is 12.9. The number of hydrogen-bond donors (Lipinski definition) is 3. The number of aliphatic imine (C=N–C) groups is 1. The molecule has 0 bridgehead atoms. The van der Waals surface area contributed by atoms with Crippen LogP contribution in [0.15, 0.2) is 76.6 Å². The van der Waals surface area contributed by atoms with Crippen molar-refractivity contribution < 1.29 is 23.8 Å². The first-order valence-electron chi connectivity index (χ1n) is 12.9. The average Bonchev–Trinajstić information content (AvgIpc) is 3.42. The van der Waals surface area contributed by atoms with E-state index in [2.05, 4.69) is 10.3 Å². The monoisotopic (exact) mass is 546 g/mol. The van der Waals surface area contributed by atoms with Crippen LogP contribution in [0.4, 0.5) is 14.5 Å². The van der Waals surface area contributed by atoms with Gasteiger partial charge in [0.15, 0.2) is 0 Å². The normalized spacial score (nSPS) is 15.4. The maximum atomic E-state index is 15.4. The molecule has 1 aromatic heterocycles. The first kappa shape index (κ1) is 27.2. The van der Waals surface area contributed by atoms with Gasteiger partial charge in [0.1, 0.15) is 17.2 Å². The molecule has 40 heavy (non-hydrogen) atoms. The number of carbonyl (C=O) groups is 1. The van der Waals surface area contributed by atoms with Crippen LogP contribution in [-0.2, 0) is 6.54 Å². The molecule has 5 rings (SSSR count). The maximum Gasteiger partial charge on any atom is 0.341 e. The summed E-state index contributed by atoms with van der Waals surface area (Å²) in [6, 6.07) is 16.1. The van der Waals surface area contributed by atoms with E-state index in [9.17, 15) is 19.1 Å². The SMILES string of the molecule is O=C(O)c1cn(-c2ccccc2F)c2cc(N3CCC(N=Cc4ccc(CNCCO)cc4)C3)c(F)cc2c1=O. The number of carboxylic acids is 1. The van der Waals surface area contributed by atoms with Crippen molar-refractivity contribution in [2.45, 2.75) is 19.0 Å². The number of halogens is 2. The van der Waals surface area contributed by atoms with E-state index in [-0.39, 0.29) is 34.9 Å². The predicted octanol–water partition coefficient (Wildman–Crippen LogP) is 3.75. The molecule has 10 heteroatoms. The molecule has 1 unspecified atom stereocenters. The average molecular weight is 547 g/mol. The molecule has 0 aliphatic carbocycles. The molecule has 1 saturated heterocycles. The third-order valence-electron chi connectivity index (χ3n) is 6.95. The van der Waals surface area contributed by atoms with Gasteiger partial charge in [-0.15, -0.1) is 0 Å². The lowest BCUT2D eigenvalue weighted by Crippen LogP contribution is -2.23. The Balaban J connectivity index is 1.42. The number of nitrogens with one attached hydrogen (secondary N) is 1. The standard InChI is InChI=1S/C30H28F2N4O4/c31-24-3-1-2-4-26(24)36-18-23(30(39)40)29(38)22-13-25(32)28(14-27(22)36)35-11-9-21(17-35)34-16-20-7-5-19(6-8-20)15-33-10-12-37/h1-8,13-14,16,18,21,33,37H,9-12,15,17H2,(H,39,40). The highest BCUT2D eigenvalue weighted by atomic mass is 19.1. The van der Waals surface area contributed by atoms with Gasteiger partial charge in [-0.25, -0.2) is 13.6 Å². The summed E-state index contributed by atoms with van der Waals surface area (Å²) >= 11 is 0. The van der Waals surface area contributed by atoms with Crippen molar-refractivity contribution in [1.29, 1.82) is 0 Å². The minimum Gasteiger partial charge on any atom is -0.477 e. The van der Waals surface area contributed by atoms with Gasteiger partial charge in [-0.05, 0) is 41.8 Å². The van der Waals surface area contributed by atoms with Gasteiger partial charge in [0.2, 0.25) is 5.43 Å². The number of nitrogens with zero attached hydrogens (tertiary/aromatic N) is 3. The Morgan fingerprint density at radius 3 is 2.58 bits per heavy atom. The maximum absolute atomic E-state index is 15.4. The molecule has 4 aromatic rings. The summed E-state index contributed by atoms with van der Waals surface area (Å²) < 4.78 is 31.4. The summed E-state index contributed by atoms with van der Waals surface area (Å²) in [4.78, 5) is 31.1. The Morgan fingerprint density at radius 1 is 1.07 bits per heavy atom. The summed E-state index contributed by atoms with van der Waals surface area (Å²) in [6.45, 7) is 2.25. The molecule has 1 atom stereocenters. The number of aliphatic hydroxyl groups is 1. The highest BCUT2D eigenvalue weighted by molar-refractivity contribution is 5.94. The van der Waals surface area contributed by atoms with Crippen molar-refractivity contribution in [3.63, 3.8) is 0 Å². The van der Waals surface area contributed by atoms with Gasteiger partial charge >= 0.3 is 5.97 Å². The number of carboxylic acid groups (broad SMARTS) is 1. The predicted molar refractivity (Wildman–Crippen MR) is 150 cm³/mol.